The van der Waals surface area contributed by atoms with Crippen molar-refractivity contribution in [2.75, 3.05) is 13.1 Å². The summed E-state index contributed by atoms with van der Waals surface area (Å²) in [5.41, 5.74) is -0.822. The number of piperidine rings is 1. The lowest BCUT2D eigenvalue weighted by Gasteiger charge is -2.31. The van der Waals surface area contributed by atoms with E-state index in [9.17, 15) is 13.2 Å². The number of nitrogens with zero attached hydrogens (tertiary/aromatic N) is 4. The lowest BCUT2D eigenvalue weighted by atomic mass is 9.97. The van der Waals surface area contributed by atoms with E-state index in [1.54, 1.807) is 19.3 Å². The summed E-state index contributed by atoms with van der Waals surface area (Å²) in [6.07, 6.45) is 0.0160. The van der Waals surface area contributed by atoms with E-state index in [4.69, 9.17) is 4.52 Å². The number of aryl methyl sites for hydroxylation is 1. The molecule has 22 heavy (non-hydrogen) atoms. The molecule has 0 spiro atoms. The van der Waals surface area contributed by atoms with Crippen molar-refractivity contribution in [2.24, 2.45) is 7.05 Å². The van der Waals surface area contributed by atoms with Crippen molar-refractivity contribution in [3.8, 4) is 0 Å². The van der Waals surface area contributed by atoms with Gasteiger partial charge in [-0.1, -0.05) is 5.16 Å². The lowest BCUT2D eigenvalue weighted by molar-refractivity contribution is -0.141. The molecule has 0 saturated carbocycles. The number of likely N-dealkylation sites (tertiary alicyclic amines) is 1. The molecule has 2 aromatic rings. The number of rotatable bonds is 3. The van der Waals surface area contributed by atoms with Gasteiger partial charge in [-0.05, 0) is 19.4 Å². The van der Waals surface area contributed by atoms with Crippen LogP contribution in [-0.4, -0.2) is 32.7 Å². The Labute approximate surface area is 125 Å². The summed E-state index contributed by atoms with van der Waals surface area (Å²) in [7, 11) is 1.62. The fourth-order valence-corrected chi connectivity index (χ4v) is 2.95. The maximum atomic E-state index is 12.8. The Balaban J connectivity index is 1.73. The summed E-state index contributed by atoms with van der Waals surface area (Å²) >= 11 is 0. The zero-order chi connectivity index (χ0) is 15.7. The molecule has 2 aromatic heterocycles. The second-order valence-corrected chi connectivity index (χ2v) is 5.65. The number of hydrogen-bond donors (Lipinski definition) is 0. The highest BCUT2D eigenvalue weighted by Gasteiger charge is 2.36. The van der Waals surface area contributed by atoms with Crippen molar-refractivity contribution in [3.05, 3.63) is 35.7 Å². The van der Waals surface area contributed by atoms with Crippen LogP contribution >= 0.6 is 0 Å². The number of imidazole rings is 1. The maximum Gasteiger partial charge on any atom is 0.434 e. The highest BCUT2D eigenvalue weighted by atomic mass is 19.4. The molecule has 3 rings (SSSR count). The minimum Gasteiger partial charge on any atom is -0.360 e. The van der Waals surface area contributed by atoms with Crippen molar-refractivity contribution < 1.29 is 17.7 Å². The number of aromatic nitrogens is 3. The second-order valence-electron chi connectivity index (χ2n) is 5.65. The molecule has 8 heteroatoms. The third-order valence-electron chi connectivity index (χ3n) is 3.94. The van der Waals surface area contributed by atoms with Gasteiger partial charge in [-0.15, -0.1) is 0 Å². The topological polar surface area (TPSA) is 47.1 Å². The first-order chi connectivity index (χ1) is 10.4. The lowest BCUT2D eigenvalue weighted by Crippen LogP contribution is -2.34. The molecule has 1 saturated heterocycles. The molecule has 1 aliphatic rings. The Kier molecular flexibility index (Phi) is 3.94. The van der Waals surface area contributed by atoms with Gasteiger partial charge in [0.25, 0.3) is 0 Å². The SMILES string of the molecule is Cn1cc(C(F)(F)F)nc1[C@H]1CCCN(Cc2ccno2)C1. The third kappa shape index (κ3) is 3.16. The molecular weight excluding hydrogens is 297 g/mol. The smallest absolute Gasteiger partial charge is 0.360 e. The molecule has 1 fully saturated rings. The van der Waals surface area contributed by atoms with Crippen LogP contribution in [0.2, 0.25) is 0 Å². The molecule has 0 radical (unpaired) electrons. The van der Waals surface area contributed by atoms with Gasteiger partial charge < -0.3 is 9.09 Å². The summed E-state index contributed by atoms with van der Waals surface area (Å²) in [6.45, 7) is 2.18. The van der Waals surface area contributed by atoms with E-state index in [1.165, 1.54) is 4.57 Å². The fourth-order valence-electron chi connectivity index (χ4n) is 2.95. The largest absolute Gasteiger partial charge is 0.434 e. The van der Waals surface area contributed by atoms with Crippen LogP contribution in [0.3, 0.4) is 0 Å². The monoisotopic (exact) mass is 314 g/mol. The van der Waals surface area contributed by atoms with Gasteiger partial charge >= 0.3 is 6.18 Å². The van der Waals surface area contributed by atoms with Gasteiger partial charge in [-0.2, -0.15) is 13.2 Å². The highest BCUT2D eigenvalue weighted by molar-refractivity contribution is 5.12. The molecule has 1 aliphatic heterocycles. The molecule has 0 aliphatic carbocycles. The first-order valence-electron chi connectivity index (χ1n) is 7.16. The van der Waals surface area contributed by atoms with E-state index >= 15 is 0 Å². The maximum absolute atomic E-state index is 12.8. The van der Waals surface area contributed by atoms with Crippen molar-refractivity contribution in [1.29, 1.82) is 0 Å². The third-order valence-corrected chi connectivity index (χ3v) is 3.94. The molecule has 0 N–H and O–H groups in total. The molecule has 120 valence electrons. The minimum atomic E-state index is -4.40. The van der Waals surface area contributed by atoms with Gasteiger partial charge in [0, 0.05) is 31.8 Å². The number of hydrogen-bond acceptors (Lipinski definition) is 4. The van der Waals surface area contributed by atoms with Gasteiger partial charge in [0.15, 0.2) is 11.5 Å². The van der Waals surface area contributed by atoms with E-state index in [2.05, 4.69) is 15.0 Å². The Hall–Kier alpha value is -1.83. The van der Waals surface area contributed by atoms with Crippen molar-refractivity contribution in [3.63, 3.8) is 0 Å². The summed E-state index contributed by atoms with van der Waals surface area (Å²) in [6, 6.07) is 1.80. The van der Waals surface area contributed by atoms with Crippen molar-refractivity contribution in [2.45, 2.75) is 31.5 Å². The summed E-state index contributed by atoms with van der Waals surface area (Å²) in [4.78, 5) is 5.98. The van der Waals surface area contributed by atoms with Crippen molar-refractivity contribution >= 4 is 0 Å². The van der Waals surface area contributed by atoms with Crippen LogP contribution in [0.4, 0.5) is 13.2 Å². The summed E-state index contributed by atoms with van der Waals surface area (Å²) in [5, 5.41) is 3.67. The molecule has 3 heterocycles. The normalized spacial score (nSPS) is 20.5. The van der Waals surface area contributed by atoms with Crippen LogP contribution in [0.15, 0.2) is 23.0 Å². The van der Waals surface area contributed by atoms with Gasteiger partial charge in [0.1, 0.15) is 5.82 Å². The molecule has 0 amide bonds. The molecular formula is C14H17F3N4O. The quantitative estimate of drug-likeness (QED) is 0.874. The first-order valence-corrected chi connectivity index (χ1v) is 7.16. The zero-order valence-electron chi connectivity index (χ0n) is 12.2. The van der Waals surface area contributed by atoms with Crippen molar-refractivity contribution in [1.82, 2.24) is 19.6 Å². The highest BCUT2D eigenvalue weighted by Crippen LogP contribution is 2.32. The first kappa shape index (κ1) is 15.1. The Morgan fingerprint density at radius 2 is 2.23 bits per heavy atom. The van der Waals surface area contributed by atoms with E-state index in [0.29, 0.717) is 18.9 Å². The average molecular weight is 314 g/mol. The Morgan fingerprint density at radius 1 is 1.41 bits per heavy atom. The standard InChI is InChI=1S/C14H17F3N4O/c1-20-9-12(14(15,16)17)19-13(20)10-3-2-6-21(7-10)8-11-4-5-18-22-11/h4-5,9-10H,2-3,6-8H2,1H3/t10-/m0/s1. The Morgan fingerprint density at radius 3 is 2.86 bits per heavy atom. The Bertz CT molecular complexity index is 621. The van der Waals surface area contributed by atoms with Crippen LogP contribution in [0.5, 0.6) is 0 Å². The molecule has 1 atom stereocenters. The zero-order valence-corrected chi connectivity index (χ0v) is 12.2. The molecule has 5 nitrogen and oxygen atoms in total. The van der Waals surface area contributed by atoms with Crippen LogP contribution in [0.1, 0.15) is 36.0 Å². The predicted molar refractivity (Wildman–Crippen MR) is 72.0 cm³/mol. The molecule has 0 bridgehead atoms. The van der Waals surface area contributed by atoms with Crippen LogP contribution in [0, 0.1) is 0 Å². The summed E-state index contributed by atoms with van der Waals surface area (Å²) in [5.74, 6) is 1.25. The van der Waals surface area contributed by atoms with E-state index in [1.807, 2.05) is 0 Å². The van der Waals surface area contributed by atoms with E-state index < -0.39 is 11.9 Å². The molecule has 0 unspecified atom stereocenters. The minimum absolute atomic E-state index is 0.00206. The second kappa shape index (κ2) is 5.75. The fraction of sp³-hybridized carbons (Fsp3) is 0.571. The number of alkyl halides is 3. The van der Waals surface area contributed by atoms with Crippen LogP contribution in [-0.2, 0) is 19.8 Å². The van der Waals surface area contributed by atoms with Gasteiger partial charge in [-0.3, -0.25) is 4.90 Å². The van der Waals surface area contributed by atoms with E-state index in [0.717, 1.165) is 31.3 Å². The summed E-state index contributed by atoms with van der Waals surface area (Å²) < 4.78 is 44.9. The van der Waals surface area contributed by atoms with Gasteiger partial charge in [0.2, 0.25) is 0 Å². The van der Waals surface area contributed by atoms with Crippen LogP contribution in [0.25, 0.3) is 0 Å². The molecule has 0 aromatic carbocycles. The van der Waals surface area contributed by atoms with Gasteiger partial charge in [-0.25, -0.2) is 4.98 Å². The number of halogens is 3. The van der Waals surface area contributed by atoms with Crippen LogP contribution < -0.4 is 0 Å². The van der Waals surface area contributed by atoms with E-state index in [-0.39, 0.29) is 5.92 Å². The predicted octanol–water partition coefficient (Wildman–Crippen LogP) is 2.81. The average Bonchev–Trinajstić information content (AvgIpc) is 3.08. The van der Waals surface area contributed by atoms with Gasteiger partial charge in [0.05, 0.1) is 12.7 Å².